The molecule has 1 aliphatic heterocycles. The Kier molecular flexibility index (Phi) is 3.69. The molecule has 0 spiro atoms. The second-order valence-electron chi connectivity index (χ2n) is 3.99. The minimum Gasteiger partial charge on any atom is -0.480 e. The van der Waals surface area contributed by atoms with Crippen molar-refractivity contribution in [2.75, 3.05) is 26.2 Å². The van der Waals surface area contributed by atoms with E-state index < -0.39 is 22.7 Å². The summed E-state index contributed by atoms with van der Waals surface area (Å²) in [5.41, 5.74) is 0. The second kappa shape index (κ2) is 4.46. The van der Waals surface area contributed by atoms with Crippen molar-refractivity contribution in [3.05, 3.63) is 0 Å². The molecule has 1 aliphatic rings. The lowest BCUT2D eigenvalue weighted by Crippen LogP contribution is -2.37. The standard InChI is InChI=1S/C8H16N2O4S/c1-7(2)5-9-3-4-10(6-8(11)12)15(9,13)14/h7H,3-6H2,1-2H3,(H,11,12). The minimum atomic E-state index is -3.53. The molecule has 1 N–H and O–H groups in total. The lowest BCUT2D eigenvalue weighted by molar-refractivity contribution is -0.137. The Morgan fingerprint density at radius 2 is 1.87 bits per heavy atom. The number of hydrogen-bond acceptors (Lipinski definition) is 3. The van der Waals surface area contributed by atoms with Gasteiger partial charge in [-0.3, -0.25) is 4.79 Å². The van der Waals surface area contributed by atoms with Crippen molar-refractivity contribution in [1.82, 2.24) is 8.61 Å². The van der Waals surface area contributed by atoms with Gasteiger partial charge in [0.2, 0.25) is 0 Å². The number of carboxylic acids is 1. The Morgan fingerprint density at radius 1 is 1.33 bits per heavy atom. The topological polar surface area (TPSA) is 77.9 Å². The third kappa shape index (κ3) is 2.90. The van der Waals surface area contributed by atoms with Gasteiger partial charge in [-0.1, -0.05) is 13.8 Å². The van der Waals surface area contributed by atoms with Gasteiger partial charge in [0.25, 0.3) is 10.2 Å². The molecule has 0 aromatic rings. The maximum atomic E-state index is 11.8. The smallest absolute Gasteiger partial charge is 0.318 e. The largest absolute Gasteiger partial charge is 0.480 e. The highest BCUT2D eigenvalue weighted by atomic mass is 32.2. The van der Waals surface area contributed by atoms with Gasteiger partial charge in [-0.05, 0) is 5.92 Å². The number of carboxylic acid groups (broad SMARTS) is 1. The summed E-state index contributed by atoms with van der Waals surface area (Å²) in [6, 6.07) is 0. The van der Waals surface area contributed by atoms with Gasteiger partial charge in [-0.15, -0.1) is 0 Å². The van der Waals surface area contributed by atoms with Crippen LogP contribution < -0.4 is 0 Å². The van der Waals surface area contributed by atoms with Crippen LogP contribution in [0.1, 0.15) is 13.8 Å². The van der Waals surface area contributed by atoms with Crippen LogP contribution in [0.5, 0.6) is 0 Å². The van der Waals surface area contributed by atoms with E-state index in [0.29, 0.717) is 13.1 Å². The number of nitrogens with zero attached hydrogens (tertiary/aromatic N) is 2. The fraction of sp³-hybridized carbons (Fsp3) is 0.875. The van der Waals surface area contributed by atoms with Crippen molar-refractivity contribution < 1.29 is 18.3 Å². The van der Waals surface area contributed by atoms with Crippen LogP contribution in [0.4, 0.5) is 0 Å². The molecule has 0 aromatic carbocycles. The molecule has 0 saturated carbocycles. The van der Waals surface area contributed by atoms with Gasteiger partial charge < -0.3 is 5.11 Å². The van der Waals surface area contributed by atoms with E-state index in [1.807, 2.05) is 13.8 Å². The van der Waals surface area contributed by atoms with Crippen LogP contribution in [0.3, 0.4) is 0 Å². The zero-order valence-electron chi connectivity index (χ0n) is 8.88. The van der Waals surface area contributed by atoms with Gasteiger partial charge in [0.15, 0.2) is 0 Å². The fourth-order valence-electron chi connectivity index (χ4n) is 1.52. The summed E-state index contributed by atoms with van der Waals surface area (Å²) in [5.74, 6) is -0.880. The number of hydrogen-bond donors (Lipinski definition) is 1. The van der Waals surface area contributed by atoms with Crippen LogP contribution in [0.2, 0.25) is 0 Å². The molecule has 0 atom stereocenters. The van der Waals surface area contributed by atoms with Crippen LogP contribution in [0.25, 0.3) is 0 Å². The number of carbonyl (C=O) groups is 1. The summed E-state index contributed by atoms with van der Waals surface area (Å²) in [7, 11) is -3.53. The lowest BCUT2D eigenvalue weighted by atomic mass is 10.2. The second-order valence-corrected chi connectivity index (χ2v) is 5.92. The minimum absolute atomic E-state index is 0.240. The van der Waals surface area contributed by atoms with E-state index >= 15 is 0 Å². The highest BCUT2D eigenvalue weighted by Crippen LogP contribution is 2.17. The Bertz CT molecular complexity index is 339. The first-order valence-electron chi connectivity index (χ1n) is 4.81. The molecule has 1 rings (SSSR count). The Hall–Kier alpha value is -0.660. The molecule has 6 nitrogen and oxygen atoms in total. The van der Waals surface area contributed by atoms with E-state index in [1.165, 1.54) is 4.31 Å². The summed E-state index contributed by atoms with van der Waals surface area (Å²) < 4.78 is 25.8. The summed E-state index contributed by atoms with van der Waals surface area (Å²) >= 11 is 0. The zero-order valence-corrected chi connectivity index (χ0v) is 9.70. The van der Waals surface area contributed by atoms with Gasteiger partial charge >= 0.3 is 5.97 Å². The van der Waals surface area contributed by atoms with E-state index in [4.69, 9.17) is 5.11 Å². The van der Waals surface area contributed by atoms with Crippen molar-refractivity contribution in [2.45, 2.75) is 13.8 Å². The molecule has 15 heavy (non-hydrogen) atoms. The number of aliphatic carboxylic acids is 1. The quantitative estimate of drug-likeness (QED) is 0.719. The van der Waals surface area contributed by atoms with E-state index in [9.17, 15) is 13.2 Å². The third-order valence-corrected chi connectivity index (χ3v) is 4.08. The fourth-order valence-corrected chi connectivity index (χ4v) is 3.23. The van der Waals surface area contributed by atoms with Crippen molar-refractivity contribution in [1.29, 1.82) is 0 Å². The molecule has 0 radical (unpaired) electrons. The molecule has 7 heteroatoms. The molecule has 0 aromatic heterocycles. The van der Waals surface area contributed by atoms with Crippen LogP contribution in [-0.2, 0) is 15.0 Å². The molecular weight excluding hydrogens is 220 g/mol. The number of rotatable bonds is 4. The molecular formula is C8H16N2O4S. The molecule has 0 amide bonds. The Balaban J connectivity index is 2.72. The monoisotopic (exact) mass is 236 g/mol. The highest BCUT2D eigenvalue weighted by molar-refractivity contribution is 7.87. The molecule has 88 valence electrons. The van der Waals surface area contributed by atoms with Crippen molar-refractivity contribution in [3.8, 4) is 0 Å². The van der Waals surface area contributed by atoms with Gasteiger partial charge in [-0.2, -0.15) is 17.0 Å². The summed E-state index contributed by atoms with van der Waals surface area (Å²) in [6.07, 6.45) is 0. The first kappa shape index (κ1) is 12.4. The molecule has 0 unspecified atom stereocenters. The predicted octanol–water partition coefficient (Wildman–Crippen LogP) is -0.411. The first-order chi connectivity index (χ1) is 6.84. The zero-order chi connectivity index (χ0) is 11.6. The summed E-state index contributed by atoms with van der Waals surface area (Å²) in [4.78, 5) is 10.4. The van der Waals surface area contributed by atoms with E-state index in [1.54, 1.807) is 0 Å². The molecule has 0 bridgehead atoms. The van der Waals surface area contributed by atoms with E-state index in [-0.39, 0.29) is 12.5 Å². The van der Waals surface area contributed by atoms with Gasteiger partial charge in [-0.25, -0.2) is 0 Å². The average Bonchev–Trinajstić information content (AvgIpc) is 2.30. The van der Waals surface area contributed by atoms with Crippen LogP contribution in [0, 0.1) is 5.92 Å². The van der Waals surface area contributed by atoms with Crippen LogP contribution in [0.15, 0.2) is 0 Å². The normalized spacial score (nSPS) is 22.3. The SMILES string of the molecule is CC(C)CN1CCN(CC(=O)O)S1(=O)=O. The maximum Gasteiger partial charge on any atom is 0.318 e. The summed E-state index contributed by atoms with van der Waals surface area (Å²) in [6.45, 7) is 4.50. The molecule has 1 heterocycles. The molecule has 1 saturated heterocycles. The predicted molar refractivity (Wildman–Crippen MR) is 54.5 cm³/mol. The molecule has 0 aliphatic carbocycles. The van der Waals surface area contributed by atoms with Crippen LogP contribution >= 0.6 is 0 Å². The van der Waals surface area contributed by atoms with Crippen molar-refractivity contribution in [3.63, 3.8) is 0 Å². The third-order valence-electron chi connectivity index (χ3n) is 2.13. The van der Waals surface area contributed by atoms with Crippen molar-refractivity contribution in [2.24, 2.45) is 5.92 Å². The van der Waals surface area contributed by atoms with Crippen molar-refractivity contribution >= 4 is 16.2 Å². The Labute approximate surface area is 89.7 Å². The van der Waals surface area contributed by atoms with Gasteiger partial charge in [0.05, 0.1) is 0 Å². The van der Waals surface area contributed by atoms with E-state index in [0.717, 1.165) is 4.31 Å². The average molecular weight is 236 g/mol. The van der Waals surface area contributed by atoms with Gasteiger partial charge in [0.1, 0.15) is 6.54 Å². The Morgan fingerprint density at radius 3 is 2.33 bits per heavy atom. The lowest BCUT2D eigenvalue weighted by Gasteiger charge is -2.18. The summed E-state index contributed by atoms with van der Waals surface area (Å²) in [5, 5.41) is 8.55. The van der Waals surface area contributed by atoms with E-state index in [2.05, 4.69) is 0 Å². The van der Waals surface area contributed by atoms with Crippen LogP contribution in [-0.4, -0.2) is 54.3 Å². The first-order valence-corrected chi connectivity index (χ1v) is 6.20. The molecule has 1 fully saturated rings. The highest BCUT2D eigenvalue weighted by Gasteiger charge is 2.37. The van der Waals surface area contributed by atoms with Gasteiger partial charge in [0, 0.05) is 19.6 Å². The maximum absolute atomic E-state index is 11.8.